The van der Waals surface area contributed by atoms with Crippen molar-refractivity contribution in [2.75, 3.05) is 43.6 Å². The van der Waals surface area contributed by atoms with Crippen LogP contribution in [-0.4, -0.2) is 59.2 Å². The molecule has 2 aromatic heterocycles. The van der Waals surface area contributed by atoms with Crippen molar-refractivity contribution in [3.63, 3.8) is 0 Å². The molecule has 1 fully saturated rings. The highest BCUT2D eigenvalue weighted by Crippen LogP contribution is 2.29. The molecular weight excluding hydrogens is 384 g/mol. The van der Waals surface area contributed by atoms with E-state index in [4.69, 9.17) is 14.2 Å². The number of aryl methyl sites for hydroxylation is 1. The third-order valence-corrected chi connectivity index (χ3v) is 5.10. The zero-order chi connectivity index (χ0) is 20.2. The largest absolute Gasteiger partial charge is 0.493 e. The van der Waals surface area contributed by atoms with Gasteiger partial charge in [0.2, 0.25) is 5.95 Å². The van der Waals surface area contributed by atoms with Gasteiger partial charge in [-0.3, -0.25) is 5.10 Å². The van der Waals surface area contributed by atoms with Crippen molar-refractivity contribution in [2.45, 2.75) is 18.9 Å². The van der Waals surface area contributed by atoms with Crippen LogP contribution in [0.4, 0.5) is 17.5 Å². The first-order valence-corrected chi connectivity index (χ1v) is 10.2. The summed E-state index contributed by atoms with van der Waals surface area (Å²) in [5.74, 6) is 2.76. The molecule has 9 heteroatoms. The summed E-state index contributed by atoms with van der Waals surface area (Å²) in [7, 11) is 0. The van der Waals surface area contributed by atoms with E-state index in [1.54, 1.807) is 6.20 Å². The number of rotatable bonds is 6. The Labute approximate surface area is 174 Å². The van der Waals surface area contributed by atoms with Crippen molar-refractivity contribution in [1.29, 1.82) is 0 Å². The maximum absolute atomic E-state index is 5.74. The van der Waals surface area contributed by atoms with E-state index in [2.05, 4.69) is 36.9 Å². The van der Waals surface area contributed by atoms with Gasteiger partial charge in [0.25, 0.3) is 0 Å². The number of nitrogens with one attached hydrogen (secondary N) is 3. The van der Waals surface area contributed by atoms with E-state index in [0.717, 1.165) is 42.3 Å². The van der Waals surface area contributed by atoms with Crippen LogP contribution in [0.15, 0.2) is 36.5 Å². The molecule has 156 valence electrons. The van der Waals surface area contributed by atoms with Crippen molar-refractivity contribution < 1.29 is 14.2 Å². The third-order valence-electron chi connectivity index (χ3n) is 5.10. The summed E-state index contributed by atoms with van der Waals surface area (Å²) in [6.45, 7) is 3.21. The molecule has 3 aromatic rings. The molecule has 0 radical (unpaired) electrons. The molecule has 0 amide bonds. The average Bonchev–Trinajstić information content (AvgIpc) is 3.27. The van der Waals surface area contributed by atoms with Crippen molar-refractivity contribution in [2.24, 2.45) is 0 Å². The molecule has 0 bridgehead atoms. The van der Waals surface area contributed by atoms with Crippen molar-refractivity contribution in [1.82, 2.24) is 20.2 Å². The van der Waals surface area contributed by atoms with E-state index < -0.39 is 0 Å². The highest BCUT2D eigenvalue weighted by atomic mass is 16.6. The van der Waals surface area contributed by atoms with Crippen molar-refractivity contribution in [3.05, 3.63) is 42.1 Å². The van der Waals surface area contributed by atoms with Gasteiger partial charge < -0.3 is 24.8 Å². The summed E-state index contributed by atoms with van der Waals surface area (Å²) < 4.78 is 16.9. The second kappa shape index (κ2) is 8.68. The number of fused-ring (bicyclic) bond motifs is 1. The molecule has 4 heterocycles. The number of hydrogen-bond acceptors (Lipinski definition) is 8. The predicted octanol–water partition coefficient (Wildman–Crippen LogP) is 2.76. The molecule has 0 aliphatic carbocycles. The van der Waals surface area contributed by atoms with E-state index in [9.17, 15) is 0 Å². The predicted molar refractivity (Wildman–Crippen MR) is 112 cm³/mol. The molecule has 9 nitrogen and oxygen atoms in total. The normalized spacial score (nSPS) is 18.3. The van der Waals surface area contributed by atoms with Gasteiger partial charge in [-0.25, -0.2) is 4.98 Å². The van der Waals surface area contributed by atoms with E-state index in [0.29, 0.717) is 38.1 Å². The number of H-pyrrole nitrogens is 1. The standard InChI is InChI=1S/C21H24N6O3/c1-4-17(19(22-7-1)23-12-16-13-28-9-10-29-16)20-25-21(27-26-20)24-15-6-5-14-3-2-8-30-18(14)11-15/h1,4-7,11,16H,2-3,8-10,12-13H2,(H,22,23)(H2,24,25,26,27). The van der Waals surface area contributed by atoms with E-state index in [1.807, 2.05) is 24.3 Å². The van der Waals surface area contributed by atoms with E-state index in [1.165, 1.54) is 5.56 Å². The first-order chi connectivity index (χ1) is 14.8. The first-order valence-electron chi connectivity index (χ1n) is 10.2. The van der Waals surface area contributed by atoms with Gasteiger partial charge in [-0.15, -0.1) is 5.10 Å². The Morgan fingerprint density at radius 3 is 3.10 bits per heavy atom. The van der Waals surface area contributed by atoms with Gasteiger partial charge in [-0.05, 0) is 36.6 Å². The number of nitrogens with zero attached hydrogens (tertiary/aromatic N) is 3. The fraction of sp³-hybridized carbons (Fsp3) is 0.381. The molecule has 1 aromatic carbocycles. The smallest absolute Gasteiger partial charge is 0.246 e. The quantitative estimate of drug-likeness (QED) is 0.572. The summed E-state index contributed by atoms with van der Waals surface area (Å²) in [5.41, 5.74) is 2.96. The van der Waals surface area contributed by atoms with Crippen LogP contribution in [0.3, 0.4) is 0 Å². The minimum absolute atomic E-state index is 0.00628. The molecule has 30 heavy (non-hydrogen) atoms. The number of ether oxygens (including phenoxy) is 3. The number of aromatic nitrogens is 4. The second-order valence-electron chi connectivity index (χ2n) is 7.26. The molecule has 0 spiro atoms. The highest BCUT2D eigenvalue weighted by Gasteiger charge is 2.17. The van der Waals surface area contributed by atoms with Crippen LogP contribution in [-0.2, 0) is 15.9 Å². The lowest BCUT2D eigenvalue weighted by Gasteiger charge is -2.23. The minimum Gasteiger partial charge on any atom is -0.493 e. The summed E-state index contributed by atoms with van der Waals surface area (Å²) in [6, 6.07) is 9.92. The Hall–Kier alpha value is -3.17. The van der Waals surface area contributed by atoms with E-state index >= 15 is 0 Å². The monoisotopic (exact) mass is 408 g/mol. The molecule has 1 saturated heterocycles. The second-order valence-corrected chi connectivity index (χ2v) is 7.26. The summed E-state index contributed by atoms with van der Waals surface area (Å²) in [4.78, 5) is 9.04. The van der Waals surface area contributed by atoms with Gasteiger partial charge >= 0.3 is 0 Å². The number of anilines is 3. The van der Waals surface area contributed by atoms with Crippen molar-refractivity contribution >= 4 is 17.5 Å². The van der Waals surface area contributed by atoms with Gasteiger partial charge in [0.05, 0.1) is 38.1 Å². The van der Waals surface area contributed by atoms with Crippen LogP contribution in [0.25, 0.3) is 11.4 Å². The zero-order valence-corrected chi connectivity index (χ0v) is 16.6. The Balaban J connectivity index is 1.29. The van der Waals surface area contributed by atoms with Crippen LogP contribution in [0.5, 0.6) is 5.75 Å². The lowest BCUT2D eigenvalue weighted by Crippen LogP contribution is -2.34. The van der Waals surface area contributed by atoms with Crippen LogP contribution >= 0.6 is 0 Å². The molecule has 2 aliphatic heterocycles. The summed E-state index contributed by atoms with van der Waals surface area (Å²) in [6.07, 6.45) is 3.86. The summed E-state index contributed by atoms with van der Waals surface area (Å²) >= 11 is 0. The number of benzene rings is 1. The average molecular weight is 408 g/mol. The number of pyridine rings is 1. The van der Waals surface area contributed by atoms with Crippen LogP contribution in [0, 0.1) is 0 Å². The van der Waals surface area contributed by atoms with Gasteiger partial charge in [-0.2, -0.15) is 4.98 Å². The maximum Gasteiger partial charge on any atom is 0.246 e. The minimum atomic E-state index is 0.00628. The summed E-state index contributed by atoms with van der Waals surface area (Å²) in [5, 5.41) is 13.9. The highest BCUT2D eigenvalue weighted by molar-refractivity contribution is 5.71. The van der Waals surface area contributed by atoms with Crippen LogP contribution in [0.1, 0.15) is 12.0 Å². The molecule has 1 unspecified atom stereocenters. The molecule has 0 saturated carbocycles. The topological polar surface area (TPSA) is 106 Å². The Bertz CT molecular complexity index is 1000. The molecule has 5 rings (SSSR count). The van der Waals surface area contributed by atoms with Gasteiger partial charge in [0, 0.05) is 24.5 Å². The lowest BCUT2D eigenvalue weighted by atomic mass is 10.1. The molecule has 2 aliphatic rings. The molecule has 3 N–H and O–H groups in total. The van der Waals surface area contributed by atoms with Crippen LogP contribution in [0.2, 0.25) is 0 Å². The molecule has 1 atom stereocenters. The fourth-order valence-electron chi connectivity index (χ4n) is 3.59. The first kappa shape index (κ1) is 18.8. The van der Waals surface area contributed by atoms with E-state index in [-0.39, 0.29) is 6.10 Å². The third kappa shape index (κ3) is 4.22. The SMILES string of the molecule is c1cnc(NCC2COCCO2)c(-c2nc(Nc3ccc4c(c3)OCCC4)n[nH]2)c1. The fourth-order valence-corrected chi connectivity index (χ4v) is 3.59. The Morgan fingerprint density at radius 1 is 1.17 bits per heavy atom. The zero-order valence-electron chi connectivity index (χ0n) is 16.6. The lowest BCUT2D eigenvalue weighted by molar-refractivity contribution is -0.0819. The van der Waals surface area contributed by atoms with Crippen molar-refractivity contribution in [3.8, 4) is 17.1 Å². The van der Waals surface area contributed by atoms with Crippen LogP contribution < -0.4 is 15.4 Å². The Morgan fingerprint density at radius 2 is 2.17 bits per heavy atom. The van der Waals surface area contributed by atoms with Gasteiger partial charge in [-0.1, -0.05) is 6.07 Å². The Kier molecular flexibility index (Phi) is 5.45. The molecular formula is C21H24N6O3. The maximum atomic E-state index is 5.74. The number of aromatic amines is 1. The number of hydrogen-bond donors (Lipinski definition) is 3. The van der Waals surface area contributed by atoms with Gasteiger partial charge in [0.15, 0.2) is 5.82 Å². The van der Waals surface area contributed by atoms with Gasteiger partial charge in [0.1, 0.15) is 11.6 Å².